The molecule has 0 aliphatic heterocycles. The quantitative estimate of drug-likeness (QED) is 0.678. The molecule has 1 aliphatic carbocycles. The average Bonchev–Trinajstić information content (AvgIpc) is 3.04. The normalized spacial score (nSPS) is 18.3. The number of nitrogens with zero attached hydrogens (tertiary/aromatic N) is 1. The Morgan fingerprint density at radius 2 is 1.61 bits per heavy atom. The maximum atomic E-state index is 3.65. The van der Waals surface area contributed by atoms with E-state index in [1.54, 1.807) is 0 Å². The van der Waals surface area contributed by atoms with Crippen LogP contribution in [0.5, 0.6) is 0 Å². The van der Waals surface area contributed by atoms with Crippen LogP contribution in [-0.2, 0) is 0 Å². The molecule has 0 heterocycles. The van der Waals surface area contributed by atoms with Crippen LogP contribution in [0.1, 0.15) is 54.4 Å². The van der Waals surface area contributed by atoms with E-state index in [4.69, 9.17) is 0 Å². The molecule has 0 aromatic carbocycles. The molecule has 1 N–H and O–H groups in total. The van der Waals surface area contributed by atoms with Crippen molar-refractivity contribution in [3.05, 3.63) is 0 Å². The van der Waals surface area contributed by atoms with E-state index >= 15 is 0 Å². The molecule has 1 saturated carbocycles. The van der Waals surface area contributed by atoms with E-state index in [9.17, 15) is 0 Å². The molecule has 0 aromatic rings. The second-order valence-electron chi connectivity index (χ2n) is 7.10. The molecule has 2 nitrogen and oxygen atoms in total. The first kappa shape index (κ1) is 16.0. The first-order valence-corrected chi connectivity index (χ1v) is 7.88. The number of nitrogens with one attached hydrogen (secondary N) is 1. The standard InChI is InChI=1S/C16H34N2/c1-12(2)9-17-10-16(13(3)4)18(14(5)6)11-15-7-8-15/h12-17H,7-11H2,1-6H3. The summed E-state index contributed by atoms with van der Waals surface area (Å²) in [5.41, 5.74) is 0. The molecule has 1 fully saturated rings. The van der Waals surface area contributed by atoms with Crippen LogP contribution >= 0.6 is 0 Å². The van der Waals surface area contributed by atoms with Gasteiger partial charge in [-0.1, -0.05) is 27.7 Å². The summed E-state index contributed by atoms with van der Waals surface area (Å²) in [4.78, 5) is 2.73. The van der Waals surface area contributed by atoms with E-state index in [1.165, 1.54) is 19.4 Å². The summed E-state index contributed by atoms with van der Waals surface area (Å²) in [6.07, 6.45) is 2.90. The molecule has 1 atom stereocenters. The maximum Gasteiger partial charge on any atom is 0.0246 e. The molecule has 18 heavy (non-hydrogen) atoms. The van der Waals surface area contributed by atoms with Crippen molar-refractivity contribution in [2.75, 3.05) is 19.6 Å². The fraction of sp³-hybridized carbons (Fsp3) is 1.00. The lowest BCUT2D eigenvalue weighted by Gasteiger charge is -2.38. The van der Waals surface area contributed by atoms with Crippen molar-refractivity contribution in [1.29, 1.82) is 0 Å². The Morgan fingerprint density at radius 1 is 1.00 bits per heavy atom. The lowest BCUT2D eigenvalue weighted by Crippen LogP contribution is -2.50. The highest BCUT2D eigenvalue weighted by molar-refractivity contribution is 4.85. The van der Waals surface area contributed by atoms with Crippen molar-refractivity contribution in [3.8, 4) is 0 Å². The zero-order valence-corrected chi connectivity index (χ0v) is 13.4. The Bertz CT molecular complexity index is 219. The Kier molecular flexibility index (Phi) is 6.65. The third-order valence-corrected chi connectivity index (χ3v) is 3.93. The third-order valence-electron chi connectivity index (χ3n) is 3.93. The second-order valence-corrected chi connectivity index (χ2v) is 7.10. The molecule has 0 saturated heterocycles. The van der Waals surface area contributed by atoms with Gasteiger partial charge in [-0.15, -0.1) is 0 Å². The van der Waals surface area contributed by atoms with Gasteiger partial charge in [0.1, 0.15) is 0 Å². The zero-order valence-electron chi connectivity index (χ0n) is 13.4. The second kappa shape index (κ2) is 7.49. The van der Waals surface area contributed by atoms with Crippen molar-refractivity contribution in [1.82, 2.24) is 10.2 Å². The molecule has 2 heteroatoms. The van der Waals surface area contributed by atoms with Gasteiger partial charge >= 0.3 is 0 Å². The largest absolute Gasteiger partial charge is 0.315 e. The molecule has 1 unspecified atom stereocenters. The number of hydrogen-bond acceptors (Lipinski definition) is 2. The average molecular weight is 254 g/mol. The third kappa shape index (κ3) is 5.71. The Balaban J connectivity index is 2.49. The van der Waals surface area contributed by atoms with Crippen LogP contribution in [0.4, 0.5) is 0 Å². The smallest absolute Gasteiger partial charge is 0.0246 e. The van der Waals surface area contributed by atoms with Crippen LogP contribution in [-0.4, -0.2) is 36.6 Å². The van der Waals surface area contributed by atoms with Gasteiger partial charge in [0.05, 0.1) is 0 Å². The van der Waals surface area contributed by atoms with Gasteiger partial charge in [-0.3, -0.25) is 4.90 Å². The maximum absolute atomic E-state index is 3.65. The fourth-order valence-electron chi connectivity index (χ4n) is 2.58. The molecular formula is C16H34N2. The van der Waals surface area contributed by atoms with Gasteiger partial charge in [-0.25, -0.2) is 0 Å². The van der Waals surface area contributed by atoms with Gasteiger partial charge < -0.3 is 5.32 Å². The minimum atomic E-state index is 0.666. The highest BCUT2D eigenvalue weighted by atomic mass is 15.2. The molecule has 1 aliphatic rings. The van der Waals surface area contributed by atoms with Crippen molar-refractivity contribution < 1.29 is 0 Å². The SMILES string of the molecule is CC(C)CNCC(C(C)C)N(CC1CC1)C(C)C. The Hall–Kier alpha value is -0.0800. The van der Waals surface area contributed by atoms with Crippen molar-refractivity contribution in [2.24, 2.45) is 17.8 Å². The number of rotatable bonds is 9. The number of hydrogen-bond donors (Lipinski definition) is 1. The van der Waals surface area contributed by atoms with E-state index in [0.717, 1.165) is 30.8 Å². The van der Waals surface area contributed by atoms with Crippen LogP contribution in [0, 0.1) is 17.8 Å². The first-order chi connectivity index (χ1) is 8.41. The lowest BCUT2D eigenvalue weighted by atomic mass is 10.00. The summed E-state index contributed by atoms with van der Waals surface area (Å²) in [7, 11) is 0. The van der Waals surface area contributed by atoms with Gasteiger partial charge in [-0.05, 0) is 51.0 Å². The molecule has 0 bridgehead atoms. The fourth-order valence-corrected chi connectivity index (χ4v) is 2.58. The molecule has 0 amide bonds. The van der Waals surface area contributed by atoms with Gasteiger partial charge in [-0.2, -0.15) is 0 Å². The predicted octanol–water partition coefficient (Wildman–Crippen LogP) is 3.38. The van der Waals surface area contributed by atoms with Gasteiger partial charge in [0, 0.05) is 25.2 Å². The van der Waals surface area contributed by atoms with E-state index in [1.807, 2.05) is 0 Å². The highest BCUT2D eigenvalue weighted by Crippen LogP contribution is 2.31. The summed E-state index contributed by atoms with van der Waals surface area (Å²) in [5.74, 6) is 2.46. The van der Waals surface area contributed by atoms with Crippen molar-refractivity contribution in [3.63, 3.8) is 0 Å². The summed E-state index contributed by atoms with van der Waals surface area (Å²) in [5, 5.41) is 3.65. The summed E-state index contributed by atoms with van der Waals surface area (Å²) in [6.45, 7) is 17.6. The predicted molar refractivity (Wildman–Crippen MR) is 80.9 cm³/mol. The van der Waals surface area contributed by atoms with E-state index in [-0.39, 0.29) is 0 Å². The van der Waals surface area contributed by atoms with Crippen LogP contribution in [0.2, 0.25) is 0 Å². The van der Waals surface area contributed by atoms with Crippen molar-refractivity contribution in [2.45, 2.75) is 66.5 Å². The molecule has 108 valence electrons. The molecule has 0 spiro atoms. The topological polar surface area (TPSA) is 15.3 Å². The van der Waals surface area contributed by atoms with Gasteiger partial charge in [0.15, 0.2) is 0 Å². The van der Waals surface area contributed by atoms with Crippen LogP contribution in [0.25, 0.3) is 0 Å². The molecule has 0 radical (unpaired) electrons. The Morgan fingerprint density at radius 3 is 2.00 bits per heavy atom. The zero-order chi connectivity index (χ0) is 13.7. The first-order valence-electron chi connectivity index (χ1n) is 7.88. The van der Waals surface area contributed by atoms with E-state index in [0.29, 0.717) is 12.1 Å². The summed E-state index contributed by atoms with van der Waals surface area (Å²) < 4.78 is 0. The summed E-state index contributed by atoms with van der Waals surface area (Å²) in [6, 6.07) is 1.35. The monoisotopic (exact) mass is 254 g/mol. The Labute approximate surface area is 115 Å². The van der Waals surface area contributed by atoms with Crippen LogP contribution in [0.3, 0.4) is 0 Å². The molecular weight excluding hydrogens is 220 g/mol. The van der Waals surface area contributed by atoms with E-state index in [2.05, 4.69) is 51.8 Å². The minimum absolute atomic E-state index is 0.666. The highest BCUT2D eigenvalue weighted by Gasteiger charge is 2.30. The van der Waals surface area contributed by atoms with Gasteiger partial charge in [0.25, 0.3) is 0 Å². The minimum Gasteiger partial charge on any atom is -0.315 e. The molecule has 1 rings (SSSR count). The van der Waals surface area contributed by atoms with Crippen LogP contribution in [0.15, 0.2) is 0 Å². The summed E-state index contributed by atoms with van der Waals surface area (Å²) >= 11 is 0. The van der Waals surface area contributed by atoms with Crippen LogP contribution < -0.4 is 5.32 Å². The molecule has 0 aromatic heterocycles. The lowest BCUT2D eigenvalue weighted by molar-refractivity contribution is 0.109. The van der Waals surface area contributed by atoms with Crippen molar-refractivity contribution >= 4 is 0 Å². The van der Waals surface area contributed by atoms with Gasteiger partial charge in [0.2, 0.25) is 0 Å². The van der Waals surface area contributed by atoms with E-state index < -0.39 is 0 Å².